The summed E-state index contributed by atoms with van der Waals surface area (Å²) in [6.07, 6.45) is 3.15. The lowest BCUT2D eigenvalue weighted by Gasteiger charge is -2.12. The Bertz CT molecular complexity index is 1180. The minimum Gasteiger partial charge on any atom is -0.493 e. The first-order valence-electron chi connectivity index (χ1n) is 8.85. The predicted octanol–water partition coefficient (Wildman–Crippen LogP) is 1.48. The Hall–Kier alpha value is -4.01. The van der Waals surface area contributed by atoms with Crippen LogP contribution in [0.1, 0.15) is 34.8 Å². The minimum atomic E-state index is -0.797. The molecule has 2 heterocycles. The molecule has 148 valence electrons. The van der Waals surface area contributed by atoms with Crippen LogP contribution in [0, 0.1) is 6.92 Å². The zero-order valence-corrected chi connectivity index (χ0v) is 15.8. The third-order valence-electron chi connectivity index (χ3n) is 4.24. The molecule has 2 aromatic heterocycles. The van der Waals surface area contributed by atoms with Crippen molar-refractivity contribution in [1.82, 2.24) is 20.0 Å². The molecule has 3 rings (SSSR count). The summed E-state index contributed by atoms with van der Waals surface area (Å²) in [5.41, 5.74) is 2.39. The zero-order chi connectivity index (χ0) is 21.0. The Labute approximate surface area is 165 Å². The largest absolute Gasteiger partial charge is 0.493 e. The van der Waals surface area contributed by atoms with E-state index in [1.54, 1.807) is 31.2 Å². The molecule has 1 aromatic carbocycles. The molecule has 29 heavy (non-hydrogen) atoms. The average molecular weight is 393 g/mol. The molecule has 0 spiro atoms. The van der Waals surface area contributed by atoms with Crippen LogP contribution in [0.15, 0.2) is 63.5 Å². The number of aromatic hydroxyl groups is 1. The maximum absolute atomic E-state index is 12.4. The summed E-state index contributed by atoms with van der Waals surface area (Å²) in [4.78, 5) is 42.9. The van der Waals surface area contributed by atoms with Gasteiger partial charge >= 0.3 is 5.69 Å². The highest BCUT2D eigenvalue weighted by Crippen LogP contribution is 2.18. The topological polar surface area (TPSA) is 129 Å². The van der Waals surface area contributed by atoms with Crippen LogP contribution >= 0.6 is 0 Å². The number of hydrazone groups is 1. The third kappa shape index (κ3) is 4.13. The Kier molecular flexibility index (Phi) is 5.68. The van der Waals surface area contributed by atoms with Gasteiger partial charge in [0, 0.05) is 18.0 Å². The van der Waals surface area contributed by atoms with Gasteiger partial charge in [-0.05, 0) is 37.6 Å². The van der Waals surface area contributed by atoms with E-state index in [4.69, 9.17) is 0 Å². The van der Waals surface area contributed by atoms with Gasteiger partial charge in [0.05, 0.1) is 11.4 Å². The number of H-pyrrole nitrogens is 1. The van der Waals surface area contributed by atoms with Crippen molar-refractivity contribution in [1.29, 1.82) is 0 Å². The number of rotatable bonds is 5. The number of carbonyl (C=O) groups excluding carboxylic acids is 1. The van der Waals surface area contributed by atoms with Gasteiger partial charge in [-0.15, -0.1) is 0 Å². The summed E-state index contributed by atoms with van der Waals surface area (Å²) < 4.78 is 0.978. The zero-order valence-electron chi connectivity index (χ0n) is 15.8. The van der Waals surface area contributed by atoms with Crippen LogP contribution in [-0.2, 0) is 0 Å². The molecule has 0 aliphatic rings. The van der Waals surface area contributed by atoms with Crippen molar-refractivity contribution >= 4 is 11.6 Å². The lowest BCUT2D eigenvalue weighted by Crippen LogP contribution is -2.34. The molecule has 3 aromatic rings. The maximum Gasteiger partial charge on any atom is 0.335 e. The number of carbonyl (C=O) groups is 1. The molecule has 9 heteroatoms. The number of aryl methyl sites for hydroxylation is 1. The van der Waals surface area contributed by atoms with Gasteiger partial charge in [-0.2, -0.15) is 5.10 Å². The van der Waals surface area contributed by atoms with E-state index in [-0.39, 0.29) is 17.7 Å². The van der Waals surface area contributed by atoms with E-state index < -0.39 is 23.0 Å². The van der Waals surface area contributed by atoms with Gasteiger partial charge in [0.1, 0.15) is 5.56 Å². The third-order valence-corrected chi connectivity index (χ3v) is 4.24. The monoisotopic (exact) mass is 393 g/mol. The molecule has 0 aliphatic heterocycles. The summed E-state index contributed by atoms with van der Waals surface area (Å²) in [7, 11) is 0. The molecule has 3 N–H and O–H groups in total. The van der Waals surface area contributed by atoms with Gasteiger partial charge < -0.3 is 5.11 Å². The van der Waals surface area contributed by atoms with Crippen LogP contribution in [-0.4, -0.2) is 31.3 Å². The second-order valence-corrected chi connectivity index (χ2v) is 6.22. The number of hydrogen-bond donors (Lipinski definition) is 3. The van der Waals surface area contributed by atoms with Gasteiger partial charge in [0.2, 0.25) is 5.88 Å². The van der Waals surface area contributed by atoms with Gasteiger partial charge in [0.25, 0.3) is 11.5 Å². The van der Waals surface area contributed by atoms with Crippen molar-refractivity contribution in [2.45, 2.75) is 20.3 Å². The molecule has 0 radical (unpaired) electrons. The summed E-state index contributed by atoms with van der Waals surface area (Å²) in [5.74, 6) is -1.05. The molecular formula is C20H19N5O4. The van der Waals surface area contributed by atoms with E-state index in [0.29, 0.717) is 11.3 Å². The maximum atomic E-state index is 12.4. The molecule has 0 fully saturated rings. The smallest absolute Gasteiger partial charge is 0.335 e. The highest BCUT2D eigenvalue weighted by molar-refractivity contribution is 6.03. The lowest BCUT2D eigenvalue weighted by atomic mass is 10.1. The van der Waals surface area contributed by atoms with Crippen LogP contribution in [0.5, 0.6) is 5.88 Å². The van der Waals surface area contributed by atoms with Crippen molar-refractivity contribution in [2.75, 3.05) is 0 Å². The summed E-state index contributed by atoms with van der Waals surface area (Å²) in [6, 6.07) is 9.86. The Balaban J connectivity index is 2.05. The number of nitrogens with zero attached hydrogens (tertiary/aromatic N) is 3. The van der Waals surface area contributed by atoms with E-state index in [2.05, 4.69) is 20.5 Å². The highest BCUT2D eigenvalue weighted by Gasteiger charge is 2.20. The molecule has 1 amide bonds. The summed E-state index contributed by atoms with van der Waals surface area (Å²) >= 11 is 0. The first-order chi connectivity index (χ1) is 13.9. The molecule has 9 nitrogen and oxygen atoms in total. The van der Waals surface area contributed by atoms with Gasteiger partial charge in [0.15, 0.2) is 0 Å². The van der Waals surface area contributed by atoms with Gasteiger partial charge in [-0.3, -0.25) is 19.6 Å². The average Bonchev–Trinajstić information content (AvgIpc) is 2.72. The van der Waals surface area contributed by atoms with E-state index in [1.807, 2.05) is 6.92 Å². The number of hydrogen-bond acceptors (Lipinski definition) is 6. The quantitative estimate of drug-likeness (QED) is 0.447. The predicted molar refractivity (Wildman–Crippen MR) is 108 cm³/mol. The number of pyridine rings is 1. The van der Waals surface area contributed by atoms with Crippen molar-refractivity contribution in [3.63, 3.8) is 0 Å². The standard InChI is InChI=1S/C20H19N5O4/c1-3-15(23-24-17(26)13-8-10-21-11-9-13)16-18(27)22-20(29)25(19(16)28)14-6-4-12(2)5-7-14/h4-11,28H,3H2,1-2H3,(H,24,26)(H,22,27,29)/b23-15+. The highest BCUT2D eigenvalue weighted by atomic mass is 16.3. The van der Waals surface area contributed by atoms with E-state index >= 15 is 0 Å². The van der Waals surface area contributed by atoms with Crippen LogP contribution in [0.2, 0.25) is 0 Å². The van der Waals surface area contributed by atoms with Crippen LogP contribution in [0.25, 0.3) is 5.69 Å². The van der Waals surface area contributed by atoms with Gasteiger partial charge in [-0.25, -0.2) is 14.8 Å². The molecule has 0 aliphatic carbocycles. The number of aromatic nitrogens is 3. The van der Waals surface area contributed by atoms with Crippen LogP contribution in [0.4, 0.5) is 0 Å². The van der Waals surface area contributed by atoms with E-state index in [1.165, 1.54) is 24.5 Å². The van der Waals surface area contributed by atoms with E-state index in [0.717, 1.165) is 10.1 Å². The van der Waals surface area contributed by atoms with E-state index in [9.17, 15) is 19.5 Å². The summed E-state index contributed by atoms with van der Waals surface area (Å²) in [5, 5.41) is 14.7. The second kappa shape index (κ2) is 8.34. The molecule has 0 saturated carbocycles. The fourth-order valence-corrected chi connectivity index (χ4v) is 2.72. The fraction of sp³-hybridized carbons (Fsp3) is 0.150. The first-order valence-corrected chi connectivity index (χ1v) is 8.85. The minimum absolute atomic E-state index is 0.118. The Morgan fingerprint density at radius 2 is 1.83 bits per heavy atom. The number of aromatic amines is 1. The molecule has 0 unspecified atom stereocenters. The normalized spacial score (nSPS) is 11.3. The van der Waals surface area contributed by atoms with Crippen LogP contribution < -0.4 is 16.7 Å². The molecular weight excluding hydrogens is 374 g/mol. The lowest BCUT2D eigenvalue weighted by molar-refractivity contribution is 0.0954. The van der Waals surface area contributed by atoms with Gasteiger partial charge in [-0.1, -0.05) is 24.6 Å². The fourth-order valence-electron chi connectivity index (χ4n) is 2.72. The van der Waals surface area contributed by atoms with Crippen molar-refractivity contribution in [3.8, 4) is 11.6 Å². The Morgan fingerprint density at radius 3 is 2.45 bits per heavy atom. The van der Waals surface area contributed by atoms with Crippen molar-refractivity contribution in [2.24, 2.45) is 5.10 Å². The number of nitrogens with one attached hydrogen (secondary N) is 2. The molecule has 0 saturated heterocycles. The van der Waals surface area contributed by atoms with Crippen molar-refractivity contribution < 1.29 is 9.90 Å². The molecule has 0 atom stereocenters. The first kappa shape index (κ1) is 19.7. The van der Waals surface area contributed by atoms with Crippen LogP contribution in [0.3, 0.4) is 0 Å². The number of benzene rings is 1. The van der Waals surface area contributed by atoms with Crippen molar-refractivity contribution in [3.05, 3.63) is 86.3 Å². The second-order valence-electron chi connectivity index (χ2n) is 6.22. The summed E-state index contributed by atoms with van der Waals surface area (Å²) in [6.45, 7) is 3.59. The SMILES string of the molecule is CC/C(=N\NC(=O)c1ccncc1)c1c(O)n(-c2ccc(C)cc2)c(=O)[nH]c1=O. The molecule has 0 bridgehead atoms. The number of amides is 1. The Morgan fingerprint density at radius 1 is 1.17 bits per heavy atom.